The molecule has 29 heavy (non-hydrogen) atoms. The molecule has 0 N–H and O–H groups in total. The first-order chi connectivity index (χ1) is 14.0. The van der Waals surface area contributed by atoms with Crippen molar-refractivity contribution in [1.82, 2.24) is 19.7 Å². The minimum absolute atomic E-state index is 0.0247. The Morgan fingerprint density at radius 2 is 1.79 bits per heavy atom. The van der Waals surface area contributed by atoms with Crippen molar-refractivity contribution in [2.75, 3.05) is 13.1 Å². The van der Waals surface area contributed by atoms with Crippen LogP contribution in [0.4, 0.5) is 0 Å². The number of benzene rings is 1. The molecule has 0 bridgehead atoms. The maximum Gasteiger partial charge on any atom is 0.275 e. The molecule has 1 amide bonds. The van der Waals surface area contributed by atoms with Crippen LogP contribution in [0.5, 0.6) is 0 Å². The Morgan fingerprint density at radius 1 is 1.07 bits per heavy atom. The maximum absolute atomic E-state index is 13.0. The summed E-state index contributed by atoms with van der Waals surface area (Å²) in [7, 11) is 0. The molecular weight excluding hydrogens is 364 g/mol. The first-order valence-corrected chi connectivity index (χ1v) is 10.2. The fourth-order valence-corrected chi connectivity index (χ4v) is 4.33. The molecule has 0 spiro atoms. The van der Waals surface area contributed by atoms with E-state index in [9.17, 15) is 9.59 Å². The van der Waals surface area contributed by atoms with Gasteiger partial charge in [0.15, 0.2) is 0 Å². The fraction of sp³-hybridized carbons (Fsp3) is 0.391. The van der Waals surface area contributed by atoms with Crippen LogP contribution >= 0.6 is 0 Å². The van der Waals surface area contributed by atoms with Gasteiger partial charge in [-0.2, -0.15) is 5.10 Å². The molecule has 150 valence electrons. The van der Waals surface area contributed by atoms with Crippen LogP contribution in [0, 0.1) is 11.8 Å². The lowest BCUT2D eigenvalue weighted by Gasteiger charge is -2.35. The van der Waals surface area contributed by atoms with Crippen LogP contribution in [-0.4, -0.2) is 38.7 Å². The maximum atomic E-state index is 13.0. The van der Waals surface area contributed by atoms with Crippen molar-refractivity contribution in [1.29, 1.82) is 0 Å². The number of amides is 1. The first kappa shape index (κ1) is 19.3. The second-order valence-electron chi connectivity index (χ2n) is 8.24. The molecule has 1 aliphatic heterocycles. The van der Waals surface area contributed by atoms with Gasteiger partial charge in [-0.15, -0.1) is 0 Å². The van der Waals surface area contributed by atoms with Gasteiger partial charge < -0.3 is 4.90 Å². The third kappa shape index (κ3) is 4.21. The highest BCUT2D eigenvalue weighted by Gasteiger charge is 2.26. The Hall–Kier alpha value is -3.02. The predicted molar refractivity (Wildman–Crippen MR) is 113 cm³/mol. The Morgan fingerprint density at radius 3 is 2.48 bits per heavy atom. The summed E-state index contributed by atoms with van der Waals surface area (Å²) in [4.78, 5) is 32.0. The predicted octanol–water partition coefficient (Wildman–Crippen LogP) is 2.89. The van der Waals surface area contributed by atoms with Crippen LogP contribution in [0.3, 0.4) is 0 Å². The van der Waals surface area contributed by atoms with Crippen molar-refractivity contribution in [3.05, 3.63) is 70.4 Å². The van der Waals surface area contributed by atoms with Gasteiger partial charge in [-0.05, 0) is 36.0 Å². The Bertz CT molecular complexity index is 1070. The number of rotatable bonds is 4. The zero-order valence-corrected chi connectivity index (χ0v) is 16.9. The van der Waals surface area contributed by atoms with E-state index in [4.69, 9.17) is 0 Å². The molecule has 0 unspecified atom stereocenters. The number of hydrogen-bond acceptors (Lipinski definition) is 4. The van der Waals surface area contributed by atoms with E-state index in [-0.39, 0.29) is 18.0 Å². The molecule has 4 rings (SSSR count). The van der Waals surface area contributed by atoms with E-state index in [0.717, 1.165) is 36.2 Å². The number of fused-ring (bicyclic) bond motifs is 1. The minimum atomic E-state index is -0.220. The van der Waals surface area contributed by atoms with Crippen molar-refractivity contribution in [2.24, 2.45) is 11.8 Å². The third-order valence-electron chi connectivity index (χ3n) is 5.55. The van der Waals surface area contributed by atoms with Gasteiger partial charge in [0.05, 0.1) is 11.1 Å². The van der Waals surface area contributed by atoms with Gasteiger partial charge in [-0.3, -0.25) is 14.6 Å². The molecule has 1 aromatic carbocycles. The van der Waals surface area contributed by atoms with E-state index in [1.807, 2.05) is 35.2 Å². The number of hydrogen-bond donors (Lipinski definition) is 0. The molecule has 1 saturated heterocycles. The molecule has 2 atom stereocenters. The van der Waals surface area contributed by atoms with Crippen LogP contribution in [0.25, 0.3) is 10.8 Å². The quantitative estimate of drug-likeness (QED) is 0.687. The molecule has 6 nitrogen and oxygen atoms in total. The monoisotopic (exact) mass is 390 g/mol. The van der Waals surface area contributed by atoms with Gasteiger partial charge in [0, 0.05) is 37.3 Å². The molecular formula is C23H26N4O2. The molecule has 6 heteroatoms. The molecule has 3 heterocycles. The van der Waals surface area contributed by atoms with Crippen molar-refractivity contribution >= 4 is 16.7 Å². The highest BCUT2D eigenvalue weighted by atomic mass is 16.2. The highest BCUT2D eigenvalue weighted by Crippen LogP contribution is 2.21. The van der Waals surface area contributed by atoms with Gasteiger partial charge >= 0.3 is 0 Å². The van der Waals surface area contributed by atoms with Gasteiger partial charge in [-0.1, -0.05) is 38.1 Å². The van der Waals surface area contributed by atoms with Crippen LogP contribution < -0.4 is 5.56 Å². The van der Waals surface area contributed by atoms with Gasteiger partial charge in [-0.25, -0.2) is 4.68 Å². The lowest BCUT2D eigenvalue weighted by Crippen LogP contribution is -2.45. The van der Waals surface area contributed by atoms with E-state index in [2.05, 4.69) is 23.9 Å². The highest BCUT2D eigenvalue weighted by molar-refractivity contribution is 5.84. The van der Waals surface area contributed by atoms with E-state index in [1.165, 1.54) is 4.68 Å². The molecule has 0 aliphatic carbocycles. The summed E-state index contributed by atoms with van der Waals surface area (Å²) in [5, 5.41) is 6.01. The van der Waals surface area contributed by atoms with Gasteiger partial charge in [0.2, 0.25) is 5.91 Å². The normalized spacial score (nSPS) is 19.4. The topological polar surface area (TPSA) is 68.1 Å². The number of nitrogens with zero attached hydrogens (tertiary/aromatic N) is 4. The van der Waals surface area contributed by atoms with Crippen LogP contribution in [-0.2, 0) is 17.8 Å². The Balaban J connectivity index is 1.68. The summed E-state index contributed by atoms with van der Waals surface area (Å²) in [5.74, 6) is 0.913. The number of carbonyl (C=O) groups excluding carboxylic acids is 1. The fourth-order valence-electron chi connectivity index (χ4n) is 4.33. The molecule has 1 fully saturated rings. The first-order valence-electron chi connectivity index (χ1n) is 10.2. The summed E-state index contributed by atoms with van der Waals surface area (Å²) in [6.07, 6.45) is 5.22. The summed E-state index contributed by atoms with van der Waals surface area (Å²) in [6.45, 7) is 5.80. The van der Waals surface area contributed by atoms with E-state index >= 15 is 0 Å². The van der Waals surface area contributed by atoms with Gasteiger partial charge in [0.1, 0.15) is 6.54 Å². The van der Waals surface area contributed by atoms with Gasteiger partial charge in [0.25, 0.3) is 5.56 Å². The van der Waals surface area contributed by atoms with Crippen LogP contribution in [0.15, 0.2) is 53.6 Å². The summed E-state index contributed by atoms with van der Waals surface area (Å²) in [5.41, 5.74) is 1.57. The van der Waals surface area contributed by atoms with Crippen LogP contribution in [0.1, 0.15) is 31.5 Å². The lowest BCUT2D eigenvalue weighted by molar-refractivity contribution is -0.134. The molecule has 3 aromatic rings. The van der Waals surface area contributed by atoms with E-state index in [1.54, 1.807) is 18.5 Å². The lowest BCUT2D eigenvalue weighted by atomic mass is 9.92. The molecule has 0 saturated carbocycles. The molecule has 2 aromatic heterocycles. The second-order valence-corrected chi connectivity index (χ2v) is 8.24. The third-order valence-corrected chi connectivity index (χ3v) is 5.55. The van der Waals surface area contributed by atoms with Crippen molar-refractivity contribution < 1.29 is 4.79 Å². The summed E-state index contributed by atoms with van der Waals surface area (Å²) < 4.78 is 1.33. The van der Waals surface area contributed by atoms with E-state index in [0.29, 0.717) is 23.6 Å². The largest absolute Gasteiger partial charge is 0.341 e. The average molecular weight is 390 g/mol. The van der Waals surface area contributed by atoms with Crippen molar-refractivity contribution in [3.63, 3.8) is 0 Å². The average Bonchev–Trinajstić information content (AvgIpc) is 2.71. The number of piperidine rings is 1. The number of likely N-dealkylation sites (tertiary alicyclic amines) is 1. The number of aromatic nitrogens is 3. The van der Waals surface area contributed by atoms with Crippen LogP contribution in [0.2, 0.25) is 0 Å². The minimum Gasteiger partial charge on any atom is -0.341 e. The zero-order valence-electron chi connectivity index (χ0n) is 16.9. The van der Waals surface area contributed by atoms with Crippen molar-refractivity contribution in [2.45, 2.75) is 33.2 Å². The smallest absolute Gasteiger partial charge is 0.275 e. The second kappa shape index (κ2) is 8.15. The zero-order chi connectivity index (χ0) is 20.4. The Labute approximate surface area is 170 Å². The van der Waals surface area contributed by atoms with Crippen molar-refractivity contribution in [3.8, 4) is 0 Å². The Kier molecular flexibility index (Phi) is 5.43. The van der Waals surface area contributed by atoms with E-state index < -0.39 is 0 Å². The standard InChI is InChI=1S/C23H26N4O2/c1-16-10-17(2)14-26(13-16)22(28)15-27-23(29)20-8-4-3-7-19(20)21(25-27)11-18-6-5-9-24-12-18/h3-9,12,16-17H,10-11,13-15H2,1-2H3/t16-,17+. The SMILES string of the molecule is C[C@@H]1C[C@H](C)CN(C(=O)Cn2nc(Cc3cccnc3)c3ccccc3c2=O)C1. The number of pyridine rings is 1. The molecule has 0 radical (unpaired) electrons. The summed E-state index contributed by atoms with van der Waals surface area (Å²) >= 11 is 0. The molecule has 1 aliphatic rings. The summed E-state index contributed by atoms with van der Waals surface area (Å²) in [6, 6.07) is 11.3. The number of carbonyl (C=O) groups is 1.